The molecule has 0 fully saturated rings. The highest BCUT2D eigenvalue weighted by atomic mass is 16.5. The molecule has 1 atom stereocenters. The first-order chi connectivity index (χ1) is 11.1. The maximum absolute atomic E-state index is 12.0. The van der Waals surface area contributed by atoms with Gasteiger partial charge in [0.15, 0.2) is 0 Å². The summed E-state index contributed by atoms with van der Waals surface area (Å²) in [5.41, 5.74) is 0.858. The lowest BCUT2D eigenvalue weighted by Gasteiger charge is -2.18. The van der Waals surface area contributed by atoms with Crippen LogP contribution >= 0.6 is 0 Å². The van der Waals surface area contributed by atoms with Crippen LogP contribution in [0.1, 0.15) is 18.5 Å². The molecule has 23 heavy (non-hydrogen) atoms. The Balaban J connectivity index is 1.90. The Kier molecular flexibility index (Phi) is 5.85. The number of amides is 2. The Morgan fingerprint density at radius 2 is 2.17 bits per heavy atom. The molecule has 2 aromatic rings. The molecule has 2 N–H and O–H groups in total. The van der Waals surface area contributed by atoms with E-state index in [9.17, 15) is 4.79 Å². The number of carbonyl (C=O) groups excluding carboxylic acids is 1. The molecule has 0 aliphatic heterocycles. The first-order valence-electron chi connectivity index (χ1n) is 7.36. The summed E-state index contributed by atoms with van der Waals surface area (Å²) in [7, 11) is 3.20. The van der Waals surface area contributed by atoms with E-state index in [1.165, 1.54) is 0 Å². The Morgan fingerprint density at radius 1 is 1.35 bits per heavy atom. The van der Waals surface area contributed by atoms with Gasteiger partial charge in [0.05, 0.1) is 26.6 Å². The number of urea groups is 1. The smallest absolute Gasteiger partial charge is 0.315 e. The van der Waals surface area contributed by atoms with E-state index in [0.29, 0.717) is 18.8 Å². The van der Waals surface area contributed by atoms with Crippen molar-refractivity contribution >= 4 is 6.03 Å². The molecular weight excluding hydrogens is 296 g/mol. The minimum Gasteiger partial charge on any atom is -0.497 e. The van der Waals surface area contributed by atoms with Crippen molar-refractivity contribution in [2.75, 3.05) is 20.8 Å². The lowest BCUT2D eigenvalue weighted by molar-refractivity contribution is 0.237. The van der Waals surface area contributed by atoms with Crippen molar-refractivity contribution in [3.05, 3.63) is 42.5 Å². The molecule has 1 heterocycles. The number of carbonyl (C=O) groups is 1. The van der Waals surface area contributed by atoms with Gasteiger partial charge in [-0.05, 0) is 25.1 Å². The Hall–Kier alpha value is -2.70. The summed E-state index contributed by atoms with van der Waals surface area (Å²) < 4.78 is 12.5. The van der Waals surface area contributed by atoms with Gasteiger partial charge in [0.2, 0.25) is 0 Å². The SMILES string of the molecule is COc1ccc(OC)c(C(C)NC(=O)NCCn2ccnc2)c1. The summed E-state index contributed by atoms with van der Waals surface area (Å²) in [6, 6.07) is 5.05. The van der Waals surface area contributed by atoms with E-state index in [2.05, 4.69) is 15.6 Å². The van der Waals surface area contributed by atoms with Crippen molar-refractivity contribution in [2.24, 2.45) is 0 Å². The molecule has 1 aromatic heterocycles. The average Bonchev–Trinajstić information content (AvgIpc) is 3.07. The van der Waals surface area contributed by atoms with Gasteiger partial charge in [-0.3, -0.25) is 0 Å². The summed E-state index contributed by atoms with van der Waals surface area (Å²) >= 11 is 0. The number of hydrogen-bond donors (Lipinski definition) is 2. The number of aromatic nitrogens is 2. The van der Waals surface area contributed by atoms with Crippen LogP contribution in [-0.4, -0.2) is 36.3 Å². The number of hydrogen-bond acceptors (Lipinski definition) is 4. The van der Waals surface area contributed by atoms with Crippen molar-refractivity contribution in [1.29, 1.82) is 0 Å². The molecule has 1 unspecified atom stereocenters. The molecule has 1 aromatic carbocycles. The fourth-order valence-corrected chi connectivity index (χ4v) is 2.22. The molecule has 7 heteroatoms. The number of nitrogens with one attached hydrogen (secondary N) is 2. The van der Waals surface area contributed by atoms with Crippen LogP contribution in [0.5, 0.6) is 11.5 Å². The normalized spacial score (nSPS) is 11.6. The highest BCUT2D eigenvalue weighted by Crippen LogP contribution is 2.29. The van der Waals surface area contributed by atoms with Crippen molar-refractivity contribution in [1.82, 2.24) is 20.2 Å². The largest absolute Gasteiger partial charge is 0.497 e. The third kappa shape index (κ3) is 4.64. The molecule has 0 saturated heterocycles. The number of imidazole rings is 1. The highest BCUT2D eigenvalue weighted by molar-refractivity contribution is 5.74. The van der Waals surface area contributed by atoms with Gasteiger partial charge in [-0.15, -0.1) is 0 Å². The Morgan fingerprint density at radius 3 is 2.83 bits per heavy atom. The van der Waals surface area contributed by atoms with Crippen molar-refractivity contribution in [3.63, 3.8) is 0 Å². The first kappa shape index (κ1) is 16.7. The van der Waals surface area contributed by atoms with E-state index in [1.807, 2.05) is 35.9 Å². The molecule has 2 amide bonds. The van der Waals surface area contributed by atoms with E-state index >= 15 is 0 Å². The summed E-state index contributed by atoms with van der Waals surface area (Å²) in [5, 5.41) is 5.71. The molecule has 124 valence electrons. The Bertz CT molecular complexity index is 628. The fraction of sp³-hybridized carbons (Fsp3) is 0.375. The standard InChI is InChI=1S/C16H22N4O3/c1-12(14-10-13(22-2)4-5-15(14)23-3)19-16(21)18-7-9-20-8-6-17-11-20/h4-6,8,10-12H,7,9H2,1-3H3,(H2,18,19,21). The Labute approximate surface area is 135 Å². The third-order valence-electron chi connectivity index (χ3n) is 3.47. The number of ether oxygens (including phenoxy) is 2. The van der Waals surface area contributed by atoms with E-state index in [-0.39, 0.29) is 12.1 Å². The zero-order valence-electron chi connectivity index (χ0n) is 13.6. The molecule has 0 aliphatic rings. The van der Waals surface area contributed by atoms with Gasteiger partial charge in [-0.1, -0.05) is 0 Å². The van der Waals surface area contributed by atoms with E-state index in [0.717, 1.165) is 11.3 Å². The second kappa shape index (κ2) is 8.07. The molecular formula is C16H22N4O3. The van der Waals surface area contributed by atoms with Crippen LogP contribution in [0.4, 0.5) is 4.79 Å². The second-order valence-electron chi connectivity index (χ2n) is 5.03. The molecule has 2 rings (SSSR count). The van der Waals surface area contributed by atoms with Crippen LogP contribution < -0.4 is 20.1 Å². The first-order valence-corrected chi connectivity index (χ1v) is 7.36. The zero-order chi connectivity index (χ0) is 16.7. The van der Waals surface area contributed by atoms with Crippen molar-refractivity contribution < 1.29 is 14.3 Å². The number of nitrogens with zero attached hydrogens (tertiary/aromatic N) is 2. The number of benzene rings is 1. The van der Waals surface area contributed by atoms with Gasteiger partial charge in [0, 0.05) is 31.0 Å². The lowest BCUT2D eigenvalue weighted by atomic mass is 10.1. The predicted octanol–water partition coefficient (Wildman–Crippen LogP) is 1.96. The highest BCUT2D eigenvalue weighted by Gasteiger charge is 2.15. The van der Waals surface area contributed by atoms with Gasteiger partial charge in [0.25, 0.3) is 0 Å². The number of methoxy groups -OCH3 is 2. The lowest BCUT2D eigenvalue weighted by Crippen LogP contribution is -2.38. The van der Waals surface area contributed by atoms with Crippen LogP contribution in [0.2, 0.25) is 0 Å². The van der Waals surface area contributed by atoms with E-state index in [4.69, 9.17) is 9.47 Å². The van der Waals surface area contributed by atoms with Crippen molar-refractivity contribution in [2.45, 2.75) is 19.5 Å². The van der Waals surface area contributed by atoms with Gasteiger partial charge < -0.3 is 24.7 Å². The molecule has 0 spiro atoms. The van der Waals surface area contributed by atoms with Crippen LogP contribution in [0.15, 0.2) is 36.9 Å². The predicted molar refractivity (Wildman–Crippen MR) is 86.7 cm³/mol. The van der Waals surface area contributed by atoms with Crippen molar-refractivity contribution in [3.8, 4) is 11.5 Å². The van der Waals surface area contributed by atoms with Gasteiger partial charge in [0.1, 0.15) is 11.5 Å². The topological polar surface area (TPSA) is 77.4 Å². The monoisotopic (exact) mass is 318 g/mol. The van der Waals surface area contributed by atoms with E-state index < -0.39 is 0 Å². The fourth-order valence-electron chi connectivity index (χ4n) is 2.22. The maximum Gasteiger partial charge on any atom is 0.315 e. The second-order valence-corrected chi connectivity index (χ2v) is 5.03. The van der Waals surface area contributed by atoms with Crippen LogP contribution in [-0.2, 0) is 6.54 Å². The molecule has 0 saturated carbocycles. The maximum atomic E-state index is 12.0. The quantitative estimate of drug-likeness (QED) is 0.818. The molecule has 0 radical (unpaired) electrons. The average molecular weight is 318 g/mol. The van der Waals surface area contributed by atoms with Gasteiger partial charge in [-0.25, -0.2) is 9.78 Å². The van der Waals surface area contributed by atoms with Gasteiger partial charge >= 0.3 is 6.03 Å². The minimum atomic E-state index is -0.234. The molecule has 0 bridgehead atoms. The van der Waals surface area contributed by atoms with Crippen LogP contribution in [0.3, 0.4) is 0 Å². The van der Waals surface area contributed by atoms with Crippen LogP contribution in [0.25, 0.3) is 0 Å². The minimum absolute atomic E-state index is 0.215. The van der Waals surface area contributed by atoms with Crippen LogP contribution in [0, 0.1) is 0 Å². The molecule has 0 aliphatic carbocycles. The summed E-state index contributed by atoms with van der Waals surface area (Å²) in [5.74, 6) is 1.42. The van der Waals surface area contributed by atoms with Gasteiger partial charge in [-0.2, -0.15) is 0 Å². The summed E-state index contributed by atoms with van der Waals surface area (Å²) in [6.07, 6.45) is 5.27. The third-order valence-corrected chi connectivity index (χ3v) is 3.47. The number of rotatable bonds is 7. The molecule has 7 nitrogen and oxygen atoms in total. The summed E-state index contributed by atoms with van der Waals surface area (Å²) in [4.78, 5) is 15.9. The summed E-state index contributed by atoms with van der Waals surface area (Å²) in [6.45, 7) is 3.08. The zero-order valence-corrected chi connectivity index (χ0v) is 13.6. The van der Waals surface area contributed by atoms with E-state index in [1.54, 1.807) is 26.7 Å².